The molecule has 334 valence electrons. The Bertz CT molecular complexity index is 1940. The fourth-order valence-corrected chi connectivity index (χ4v) is 6.28. The summed E-state index contributed by atoms with van der Waals surface area (Å²) in [7, 11) is -16.1. The first-order valence-electron chi connectivity index (χ1n) is 16.6. The summed E-state index contributed by atoms with van der Waals surface area (Å²) in [5.74, 6) is -2.27. The number of aromatic nitrogens is 4. The number of thiocarbonyl (C=S) groups is 1. The maximum atomic E-state index is 12.4. The minimum Gasteiger partial charge on any atom is -0.484 e. The van der Waals surface area contributed by atoms with E-state index in [1.165, 1.54) is 20.8 Å². The molecule has 8 atom stereocenters. The quantitative estimate of drug-likeness (QED) is 0.0184. The van der Waals surface area contributed by atoms with Gasteiger partial charge in [-0.1, -0.05) is 32.9 Å². The van der Waals surface area contributed by atoms with Crippen LogP contribution in [-0.4, -0.2) is 129 Å². The van der Waals surface area contributed by atoms with Crippen LogP contribution >= 0.6 is 35.7 Å². The molecule has 3 rings (SSSR count). The van der Waals surface area contributed by atoms with Gasteiger partial charge in [0, 0.05) is 18.4 Å². The van der Waals surface area contributed by atoms with Crippen LogP contribution in [0.1, 0.15) is 40.3 Å². The number of anilines is 1. The monoisotopic (exact) mass is 929 g/mol. The van der Waals surface area contributed by atoms with E-state index in [1.807, 2.05) is 0 Å². The molecule has 2 amide bonds. The first kappa shape index (κ1) is 50.3. The van der Waals surface area contributed by atoms with Gasteiger partial charge >= 0.3 is 23.5 Å². The number of amides is 2. The number of nitrogen functional groups attached to an aromatic ring is 1. The summed E-state index contributed by atoms with van der Waals surface area (Å²) in [6, 6.07) is 0. The highest BCUT2D eigenvalue weighted by atomic mass is 32.1. The number of aliphatic hydroxyl groups is 2. The van der Waals surface area contributed by atoms with Gasteiger partial charge in [-0.15, -0.1) is 0 Å². The number of fused-ring (bicyclic) bond motifs is 1. The van der Waals surface area contributed by atoms with E-state index in [4.69, 9.17) is 27.4 Å². The first-order chi connectivity index (χ1) is 27.3. The second-order valence-electron chi connectivity index (χ2n) is 12.8. The molecular weight excluding hydrogens is 887 g/mol. The van der Waals surface area contributed by atoms with Crippen LogP contribution < -0.4 is 16.4 Å². The SMILES string of the molecule is CC(=O)C(C)C(=S)OCCNC(=O)CCNC(=O)C(O)C(C)(C)COP(=O)(O)OOOP(=O)(O)OOOCC1O[C@H](n2cnc3c(N)ncnc32)C(O)C1OP(=O)(O)O. The van der Waals surface area contributed by atoms with E-state index in [2.05, 4.69) is 63.6 Å². The van der Waals surface area contributed by atoms with E-state index < -0.39 is 90.5 Å². The molecule has 1 saturated heterocycles. The Morgan fingerprint density at radius 1 is 1.03 bits per heavy atom. The molecule has 10 N–H and O–H groups in total. The number of Topliss-reactive ketones (excluding diaryl/α,β-unsaturated/α-hetero) is 1. The van der Waals surface area contributed by atoms with E-state index in [-0.39, 0.29) is 53.9 Å². The molecule has 7 unspecified atom stereocenters. The molecule has 0 aliphatic carbocycles. The lowest BCUT2D eigenvalue weighted by atomic mass is 9.87. The van der Waals surface area contributed by atoms with Crippen molar-refractivity contribution in [1.82, 2.24) is 30.2 Å². The van der Waals surface area contributed by atoms with Crippen molar-refractivity contribution in [2.75, 3.05) is 38.6 Å². The van der Waals surface area contributed by atoms with Gasteiger partial charge in [-0.3, -0.25) is 32.9 Å². The van der Waals surface area contributed by atoms with E-state index in [0.29, 0.717) is 0 Å². The summed E-state index contributed by atoms with van der Waals surface area (Å²) in [5, 5.41) is 34.0. The van der Waals surface area contributed by atoms with Gasteiger partial charge in [-0.2, -0.15) is 0 Å². The Kier molecular flexibility index (Phi) is 18.5. The molecule has 29 nitrogen and oxygen atoms in total. The highest BCUT2D eigenvalue weighted by molar-refractivity contribution is 7.80. The van der Waals surface area contributed by atoms with Crippen molar-refractivity contribution in [2.45, 2.75) is 64.8 Å². The minimum absolute atomic E-state index is 0.00383. The summed E-state index contributed by atoms with van der Waals surface area (Å²) >= 11 is 4.97. The third-order valence-electron chi connectivity index (χ3n) is 7.76. The molecule has 3 heterocycles. The molecule has 1 fully saturated rings. The molecule has 0 aromatic carbocycles. The van der Waals surface area contributed by atoms with Crippen molar-refractivity contribution >= 4 is 75.3 Å². The minimum atomic E-state index is -5.51. The molecular formula is C26H42N7O22P3S. The van der Waals surface area contributed by atoms with Crippen molar-refractivity contribution in [2.24, 2.45) is 11.3 Å². The number of rotatable bonds is 25. The number of aliphatic hydroxyl groups excluding tert-OH is 2. The van der Waals surface area contributed by atoms with Crippen molar-refractivity contribution in [3.8, 4) is 0 Å². The van der Waals surface area contributed by atoms with Crippen molar-refractivity contribution in [3.05, 3.63) is 12.7 Å². The third kappa shape index (κ3) is 15.7. The fraction of sp³-hybridized carbons (Fsp3) is 0.654. The number of phosphoric acid groups is 3. The number of ether oxygens (including phenoxy) is 2. The molecule has 2 aromatic rings. The summed E-state index contributed by atoms with van der Waals surface area (Å²) < 4.78 is 68.8. The summed E-state index contributed by atoms with van der Waals surface area (Å²) in [5.41, 5.74) is 4.32. The number of hydrogen-bond donors (Lipinski definition) is 9. The van der Waals surface area contributed by atoms with Gasteiger partial charge in [0.2, 0.25) is 11.8 Å². The Morgan fingerprint density at radius 2 is 1.69 bits per heavy atom. The molecule has 0 bridgehead atoms. The Labute approximate surface area is 337 Å². The maximum absolute atomic E-state index is 12.4. The van der Waals surface area contributed by atoms with Crippen molar-refractivity contribution < 1.29 is 105 Å². The van der Waals surface area contributed by atoms with Gasteiger partial charge in [0.1, 0.15) is 55.3 Å². The van der Waals surface area contributed by atoms with Crippen LogP contribution in [0.3, 0.4) is 0 Å². The number of ketones is 1. The smallest absolute Gasteiger partial charge is 0.484 e. The van der Waals surface area contributed by atoms with Crippen LogP contribution in [0.5, 0.6) is 0 Å². The topological polar surface area (TPSA) is 410 Å². The van der Waals surface area contributed by atoms with Gasteiger partial charge in [0.05, 0.1) is 25.4 Å². The van der Waals surface area contributed by atoms with Gasteiger partial charge in [-0.05, 0) is 31.1 Å². The molecule has 0 saturated carbocycles. The number of imidazole rings is 1. The van der Waals surface area contributed by atoms with Crippen LogP contribution in [0.2, 0.25) is 0 Å². The fourth-order valence-electron chi connectivity index (χ4n) is 4.51. The number of nitrogens with one attached hydrogen (secondary N) is 2. The highest BCUT2D eigenvalue weighted by Crippen LogP contribution is 2.50. The van der Waals surface area contributed by atoms with Crippen molar-refractivity contribution in [1.29, 1.82) is 0 Å². The van der Waals surface area contributed by atoms with Gasteiger partial charge in [0.25, 0.3) is 0 Å². The van der Waals surface area contributed by atoms with Crippen LogP contribution in [0, 0.1) is 11.3 Å². The zero-order valence-corrected chi connectivity index (χ0v) is 34.7. The standard InChI is InChI=1S/C26H42N7O22P3S/c1-13(14(2)34)25(59)46-8-7-28-16(35)5-6-29-23(38)20(37)26(3,4)10-48-57(42,43)54-52-55-58(44,45)53-51-47-9-15-19(50-56(39,40)41)18(36)24(49-15)33-12-32-17-21(27)30-11-31-22(17)33/h11-13,15,18-20,24,36-37H,5-10H2,1-4H3,(H,28,35)(H,29,38)(H,42,43)(H,44,45)(H2,27,30,31)(H2,39,40,41)/t13?,15?,18?,19?,20?,24-/m0/s1. The average Bonchev–Trinajstić information content (AvgIpc) is 3.70. The number of hydrogen-bond acceptors (Lipinski definition) is 23. The Hall–Kier alpha value is -3.06. The van der Waals surface area contributed by atoms with Crippen LogP contribution in [0.4, 0.5) is 5.82 Å². The first-order valence-corrected chi connectivity index (χ1v) is 21.5. The number of carbonyl (C=O) groups is 3. The second kappa shape index (κ2) is 21.6. The zero-order chi connectivity index (χ0) is 44.3. The van der Waals surface area contributed by atoms with E-state index in [1.54, 1.807) is 6.92 Å². The maximum Gasteiger partial charge on any atom is 0.531 e. The molecule has 2 aromatic heterocycles. The van der Waals surface area contributed by atoms with E-state index >= 15 is 0 Å². The van der Waals surface area contributed by atoms with E-state index in [9.17, 15) is 57.9 Å². The average molecular weight is 930 g/mol. The predicted octanol–water partition coefficient (Wildman–Crippen LogP) is -1.30. The summed E-state index contributed by atoms with van der Waals surface area (Å²) in [6.07, 6.45) is -6.54. The lowest BCUT2D eigenvalue weighted by molar-refractivity contribution is -0.494. The molecule has 1 aliphatic rings. The predicted molar refractivity (Wildman–Crippen MR) is 192 cm³/mol. The van der Waals surface area contributed by atoms with E-state index in [0.717, 1.165) is 17.2 Å². The molecule has 0 radical (unpaired) electrons. The Balaban J connectivity index is 1.38. The van der Waals surface area contributed by atoms with Crippen LogP contribution in [0.15, 0.2) is 12.7 Å². The zero-order valence-electron chi connectivity index (χ0n) is 31.2. The molecule has 1 aliphatic heterocycles. The van der Waals surface area contributed by atoms with Crippen LogP contribution in [-0.2, 0) is 75.6 Å². The lowest BCUT2D eigenvalue weighted by Gasteiger charge is -2.29. The highest BCUT2D eigenvalue weighted by Gasteiger charge is 2.49. The molecule has 0 spiro atoms. The van der Waals surface area contributed by atoms with Gasteiger partial charge in [-0.25, -0.2) is 33.5 Å². The number of nitrogens with two attached hydrogens (primary N) is 1. The lowest BCUT2D eigenvalue weighted by Crippen LogP contribution is -2.46. The second-order valence-corrected chi connectivity index (χ2v) is 17.0. The van der Waals surface area contributed by atoms with Gasteiger partial charge in [0.15, 0.2) is 22.7 Å². The summed E-state index contributed by atoms with van der Waals surface area (Å²) in [6.45, 7) is 3.49. The van der Waals surface area contributed by atoms with Crippen molar-refractivity contribution in [3.63, 3.8) is 0 Å². The normalized spacial score (nSPS) is 21.6. The molecule has 33 heteroatoms. The van der Waals surface area contributed by atoms with Gasteiger partial charge < -0.3 is 50.7 Å². The van der Waals surface area contributed by atoms with Crippen LogP contribution in [0.25, 0.3) is 11.2 Å². The third-order valence-corrected chi connectivity index (χ3v) is 9.95. The largest absolute Gasteiger partial charge is 0.531 e. The number of carbonyl (C=O) groups excluding carboxylic acids is 3. The number of nitrogens with zero attached hydrogens (tertiary/aromatic N) is 4. The summed E-state index contributed by atoms with van der Waals surface area (Å²) in [4.78, 5) is 90.3. The number of phosphoric ester groups is 2. The molecule has 59 heavy (non-hydrogen) atoms. The Morgan fingerprint density at radius 3 is 2.36 bits per heavy atom.